The summed E-state index contributed by atoms with van der Waals surface area (Å²) in [5, 5.41) is 8.06. The highest BCUT2D eigenvalue weighted by Gasteiger charge is 2.56. The third-order valence-electron chi connectivity index (χ3n) is 4.07. The van der Waals surface area contributed by atoms with E-state index in [1.165, 1.54) is 0 Å². The summed E-state index contributed by atoms with van der Waals surface area (Å²) in [6.07, 6.45) is -2.97. The van der Waals surface area contributed by atoms with Gasteiger partial charge in [0.05, 0.1) is 11.8 Å². The first-order chi connectivity index (χ1) is 12.1. The number of fused-ring (bicyclic) bond motifs is 1. The van der Waals surface area contributed by atoms with Crippen molar-refractivity contribution in [3.8, 4) is 11.1 Å². The van der Waals surface area contributed by atoms with Crippen LogP contribution in [-0.4, -0.2) is 30.3 Å². The Kier molecular flexibility index (Phi) is 3.49. The van der Waals surface area contributed by atoms with Crippen LogP contribution in [0.3, 0.4) is 0 Å². The number of aryl methyl sites for hydroxylation is 1. The molecule has 3 aromatic rings. The molecule has 0 N–H and O–H groups in total. The Morgan fingerprint density at radius 2 is 2.08 bits per heavy atom. The molecule has 1 atom stereocenters. The highest BCUT2D eigenvalue weighted by molar-refractivity contribution is 7.16. The van der Waals surface area contributed by atoms with E-state index in [2.05, 4.69) is 15.2 Å². The average molecular weight is 391 g/mol. The maximum Gasteiger partial charge on any atom is 0.434 e. The third kappa shape index (κ3) is 2.77. The van der Waals surface area contributed by atoms with Gasteiger partial charge in [-0.3, -0.25) is 9.48 Å². The molecule has 0 aliphatic heterocycles. The molecule has 0 amide bonds. The summed E-state index contributed by atoms with van der Waals surface area (Å²) in [6.45, 7) is 1.40. The van der Waals surface area contributed by atoms with Crippen molar-refractivity contribution in [3.63, 3.8) is 0 Å². The van der Waals surface area contributed by atoms with Gasteiger partial charge in [0, 0.05) is 30.6 Å². The first-order valence-electron chi connectivity index (χ1n) is 7.44. The van der Waals surface area contributed by atoms with E-state index in [1.54, 1.807) is 6.92 Å². The minimum atomic E-state index is -4.87. The number of nitrogens with zero attached hydrogens (tertiary/aromatic N) is 5. The first kappa shape index (κ1) is 17.1. The monoisotopic (exact) mass is 391 g/mol. The van der Waals surface area contributed by atoms with Gasteiger partial charge < -0.3 is 0 Å². The maximum atomic E-state index is 13.4. The van der Waals surface area contributed by atoms with E-state index >= 15 is 0 Å². The predicted octanol–water partition coefficient (Wildman–Crippen LogP) is 3.00. The summed E-state index contributed by atoms with van der Waals surface area (Å²) >= 11 is 0.859. The van der Waals surface area contributed by atoms with E-state index in [-0.39, 0.29) is 23.5 Å². The van der Waals surface area contributed by atoms with Crippen molar-refractivity contribution in [3.05, 3.63) is 33.4 Å². The van der Waals surface area contributed by atoms with E-state index in [0.717, 1.165) is 32.9 Å². The molecular weight excluding hydrogens is 381 g/mol. The molecule has 26 heavy (non-hydrogen) atoms. The Labute approximate surface area is 145 Å². The van der Waals surface area contributed by atoms with Crippen molar-refractivity contribution in [2.75, 3.05) is 0 Å². The molecule has 0 spiro atoms. The van der Waals surface area contributed by atoms with Gasteiger partial charge in [-0.25, -0.2) is 13.8 Å². The van der Waals surface area contributed by atoms with Crippen LogP contribution in [0.25, 0.3) is 16.1 Å². The molecule has 1 aliphatic carbocycles. The van der Waals surface area contributed by atoms with Crippen LogP contribution in [0, 0.1) is 12.8 Å². The highest BCUT2D eigenvalue weighted by Crippen LogP contribution is 2.49. The van der Waals surface area contributed by atoms with Crippen molar-refractivity contribution in [1.82, 2.24) is 24.4 Å². The van der Waals surface area contributed by atoms with Gasteiger partial charge in [0.2, 0.25) is 4.96 Å². The molecule has 1 aliphatic rings. The molecule has 6 nitrogen and oxygen atoms in total. The molecule has 0 saturated heterocycles. The van der Waals surface area contributed by atoms with Crippen molar-refractivity contribution < 1.29 is 22.0 Å². The molecule has 0 aromatic carbocycles. The smallest absolute Gasteiger partial charge is 0.272 e. The van der Waals surface area contributed by atoms with Crippen LogP contribution < -0.4 is 5.56 Å². The van der Waals surface area contributed by atoms with Crippen molar-refractivity contribution in [2.45, 2.75) is 32.0 Å². The largest absolute Gasteiger partial charge is 0.434 e. The zero-order valence-electron chi connectivity index (χ0n) is 13.1. The fourth-order valence-corrected chi connectivity index (χ4v) is 3.43. The van der Waals surface area contributed by atoms with Crippen LogP contribution in [0.5, 0.6) is 0 Å². The molecule has 0 bridgehead atoms. The van der Waals surface area contributed by atoms with Crippen molar-refractivity contribution in [1.29, 1.82) is 0 Å². The summed E-state index contributed by atoms with van der Waals surface area (Å²) < 4.78 is 68.2. The molecule has 0 radical (unpaired) electrons. The van der Waals surface area contributed by atoms with E-state index in [1.807, 2.05) is 0 Å². The van der Waals surface area contributed by atoms with Gasteiger partial charge in [0.15, 0.2) is 5.69 Å². The topological polar surface area (TPSA) is 65.1 Å². The van der Waals surface area contributed by atoms with Crippen LogP contribution in [0.15, 0.2) is 17.2 Å². The summed E-state index contributed by atoms with van der Waals surface area (Å²) in [4.78, 5) is 15.9. The zero-order valence-corrected chi connectivity index (χ0v) is 13.9. The Bertz CT molecular complexity index is 1070. The molecule has 3 heterocycles. The lowest BCUT2D eigenvalue weighted by atomic mass is 10.1. The minimum absolute atomic E-state index is 0.138. The average Bonchev–Trinajstić information content (AvgIpc) is 2.90. The Morgan fingerprint density at radius 3 is 2.69 bits per heavy atom. The molecule has 1 saturated carbocycles. The van der Waals surface area contributed by atoms with Crippen LogP contribution in [-0.2, 0) is 12.7 Å². The van der Waals surface area contributed by atoms with Crippen LogP contribution >= 0.6 is 11.3 Å². The van der Waals surface area contributed by atoms with E-state index in [0.29, 0.717) is 5.01 Å². The van der Waals surface area contributed by atoms with Gasteiger partial charge >= 0.3 is 6.18 Å². The summed E-state index contributed by atoms with van der Waals surface area (Å²) in [6, 6.07) is 0. The normalized spacial score (nSPS) is 19.2. The molecule has 3 aromatic heterocycles. The first-order valence-corrected chi connectivity index (χ1v) is 8.26. The van der Waals surface area contributed by atoms with Crippen molar-refractivity contribution >= 4 is 16.3 Å². The Hall–Kier alpha value is -2.37. The van der Waals surface area contributed by atoms with Gasteiger partial charge in [0.1, 0.15) is 5.01 Å². The SMILES string of the molecule is Cc1nn2c(=O)c(-c3cnn(CC4CC4(F)F)c3)c(C(F)(F)F)nc2s1. The number of rotatable bonds is 3. The fraction of sp³-hybridized carbons (Fsp3) is 0.429. The molecule has 4 rings (SSSR count). The summed E-state index contributed by atoms with van der Waals surface area (Å²) in [7, 11) is 0. The third-order valence-corrected chi connectivity index (χ3v) is 4.89. The van der Waals surface area contributed by atoms with Crippen molar-refractivity contribution in [2.24, 2.45) is 5.92 Å². The number of halogens is 5. The molecule has 12 heteroatoms. The van der Waals surface area contributed by atoms with Crippen LogP contribution in [0.1, 0.15) is 17.1 Å². The minimum Gasteiger partial charge on any atom is -0.272 e. The van der Waals surface area contributed by atoms with Gasteiger partial charge in [-0.2, -0.15) is 27.9 Å². The molecule has 138 valence electrons. The number of hydrogen-bond donors (Lipinski definition) is 0. The zero-order chi connectivity index (χ0) is 18.9. The standard InChI is InChI=1S/C14H10F5N5OS/c1-6-22-24-11(25)9(10(14(17,18)19)21-12(24)26-6)7-3-20-23(4-7)5-8-2-13(8,15)16/h3-4,8H,2,5H2,1H3. The Balaban J connectivity index is 1.84. The van der Waals surface area contributed by atoms with Crippen LogP contribution in [0.2, 0.25) is 0 Å². The van der Waals surface area contributed by atoms with E-state index in [9.17, 15) is 26.7 Å². The molecule has 1 fully saturated rings. The highest BCUT2D eigenvalue weighted by atomic mass is 32.1. The van der Waals surface area contributed by atoms with E-state index in [4.69, 9.17) is 0 Å². The second kappa shape index (κ2) is 5.32. The van der Waals surface area contributed by atoms with Crippen LogP contribution in [0.4, 0.5) is 22.0 Å². The van der Waals surface area contributed by atoms with Gasteiger partial charge in [0.25, 0.3) is 11.5 Å². The number of aromatic nitrogens is 5. The predicted molar refractivity (Wildman–Crippen MR) is 81.1 cm³/mol. The lowest BCUT2D eigenvalue weighted by molar-refractivity contribution is -0.140. The summed E-state index contributed by atoms with van der Waals surface area (Å²) in [5.74, 6) is -3.68. The lowest BCUT2D eigenvalue weighted by Crippen LogP contribution is -2.24. The van der Waals surface area contributed by atoms with Gasteiger partial charge in [-0.1, -0.05) is 11.3 Å². The number of hydrogen-bond acceptors (Lipinski definition) is 5. The fourth-order valence-electron chi connectivity index (χ4n) is 2.69. The quantitative estimate of drug-likeness (QED) is 0.644. The maximum absolute atomic E-state index is 13.4. The van der Waals surface area contributed by atoms with Gasteiger partial charge in [-0.05, 0) is 6.92 Å². The van der Waals surface area contributed by atoms with E-state index < -0.39 is 34.8 Å². The molecule has 1 unspecified atom stereocenters. The second-order valence-electron chi connectivity index (χ2n) is 6.07. The van der Waals surface area contributed by atoms with Gasteiger partial charge in [-0.15, -0.1) is 0 Å². The Morgan fingerprint density at radius 1 is 1.38 bits per heavy atom. The lowest BCUT2D eigenvalue weighted by Gasteiger charge is -2.09. The molecular formula is C14H10F5N5OS. The summed E-state index contributed by atoms with van der Waals surface area (Å²) in [5.41, 5.74) is -3.17. The number of alkyl halides is 5. The second-order valence-corrected chi connectivity index (χ2v) is 7.23.